The van der Waals surface area contributed by atoms with Crippen molar-refractivity contribution in [3.05, 3.63) is 45.7 Å². The quantitative estimate of drug-likeness (QED) is 0.905. The fourth-order valence-corrected chi connectivity index (χ4v) is 2.24. The minimum absolute atomic E-state index is 0.0784. The van der Waals surface area contributed by atoms with Gasteiger partial charge in [0.1, 0.15) is 16.3 Å². The maximum Gasteiger partial charge on any atom is 0.340 e. The van der Waals surface area contributed by atoms with Crippen LogP contribution in [0.15, 0.2) is 23.7 Å². The lowest BCUT2D eigenvalue weighted by Gasteiger charge is -2.08. The molecule has 0 radical (unpaired) electrons. The van der Waals surface area contributed by atoms with Crippen LogP contribution >= 0.6 is 11.3 Å². The average molecular weight is 280 g/mol. The number of hydrogen-bond acceptors (Lipinski definition) is 4. The van der Waals surface area contributed by atoms with Crippen LogP contribution in [0.25, 0.3) is 0 Å². The maximum absolute atomic E-state index is 13.4. The molecule has 0 spiro atoms. The Morgan fingerprint density at radius 2 is 2.16 bits per heavy atom. The Bertz CT molecular complexity index is 654. The molecule has 19 heavy (non-hydrogen) atoms. The van der Waals surface area contributed by atoms with Crippen molar-refractivity contribution in [3.8, 4) is 0 Å². The van der Waals surface area contributed by atoms with Crippen molar-refractivity contribution in [2.75, 3.05) is 5.32 Å². The van der Waals surface area contributed by atoms with Gasteiger partial charge in [-0.25, -0.2) is 14.2 Å². The molecule has 0 unspecified atom stereocenters. The summed E-state index contributed by atoms with van der Waals surface area (Å²) in [6.07, 6.45) is 0. The van der Waals surface area contributed by atoms with Gasteiger partial charge < -0.3 is 10.4 Å². The molecular weight excluding hydrogens is 271 g/mol. The maximum atomic E-state index is 13.4. The number of carbonyl (C=O) groups is 2. The summed E-state index contributed by atoms with van der Waals surface area (Å²) in [7, 11) is 0. The Kier molecular flexibility index (Phi) is 3.57. The molecule has 1 aromatic carbocycles. The zero-order valence-corrected chi connectivity index (χ0v) is 10.6. The number of carboxylic acid groups (broad SMARTS) is 1. The average Bonchev–Trinajstić information content (AvgIpc) is 2.75. The number of carbonyl (C=O) groups excluding carboxylic acids is 1. The predicted molar refractivity (Wildman–Crippen MR) is 68.2 cm³/mol. The Hall–Kier alpha value is -2.28. The topological polar surface area (TPSA) is 79.3 Å². The van der Waals surface area contributed by atoms with E-state index < -0.39 is 23.3 Å². The molecule has 98 valence electrons. The fourth-order valence-electron chi connectivity index (χ4n) is 1.54. The normalized spacial score (nSPS) is 10.2. The Morgan fingerprint density at radius 1 is 1.42 bits per heavy atom. The summed E-state index contributed by atoms with van der Waals surface area (Å²) in [5.74, 6) is -2.84. The summed E-state index contributed by atoms with van der Waals surface area (Å²) in [4.78, 5) is 27.2. The molecule has 0 aliphatic carbocycles. The molecule has 0 fully saturated rings. The first-order chi connectivity index (χ1) is 9.00. The minimum Gasteiger partial charge on any atom is -0.478 e. The number of thiazole rings is 1. The monoisotopic (exact) mass is 280 g/mol. The largest absolute Gasteiger partial charge is 0.478 e. The van der Waals surface area contributed by atoms with Crippen molar-refractivity contribution in [2.45, 2.75) is 6.92 Å². The van der Waals surface area contributed by atoms with Crippen molar-refractivity contribution < 1.29 is 19.1 Å². The highest BCUT2D eigenvalue weighted by molar-refractivity contribution is 7.12. The summed E-state index contributed by atoms with van der Waals surface area (Å²) in [6.45, 7) is 1.66. The zero-order chi connectivity index (χ0) is 14.0. The van der Waals surface area contributed by atoms with Gasteiger partial charge in [-0.1, -0.05) is 6.07 Å². The molecule has 2 N–H and O–H groups in total. The van der Waals surface area contributed by atoms with E-state index >= 15 is 0 Å². The molecule has 1 aromatic heterocycles. The van der Waals surface area contributed by atoms with Crippen molar-refractivity contribution in [3.63, 3.8) is 0 Å². The number of aromatic nitrogens is 1. The van der Waals surface area contributed by atoms with Crippen molar-refractivity contribution in [1.29, 1.82) is 0 Å². The van der Waals surface area contributed by atoms with Crippen molar-refractivity contribution >= 4 is 28.9 Å². The van der Waals surface area contributed by atoms with Crippen LogP contribution in [0.4, 0.5) is 10.1 Å². The lowest BCUT2D eigenvalue weighted by Crippen LogP contribution is -2.15. The van der Waals surface area contributed by atoms with E-state index in [1.165, 1.54) is 17.6 Å². The predicted octanol–water partition coefficient (Wildman–Crippen LogP) is 2.54. The van der Waals surface area contributed by atoms with Gasteiger partial charge in [0.2, 0.25) is 0 Å². The second-order valence-corrected chi connectivity index (χ2v) is 4.54. The van der Waals surface area contributed by atoms with Crippen LogP contribution in [0.5, 0.6) is 0 Å². The smallest absolute Gasteiger partial charge is 0.340 e. The molecule has 2 rings (SSSR count). The van der Waals surface area contributed by atoms with Crippen LogP contribution < -0.4 is 5.32 Å². The van der Waals surface area contributed by atoms with E-state index in [2.05, 4.69) is 10.3 Å². The molecule has 0 saturated heterocycles. The number of aryl methyl sites for hydroxylation is 1. The van der Waals surface area contributed by atoms with Gasteiger partial charge in [-0.3, -0.25) is 4.79 Å². The first-order valence-electron chi connectivity index (χ1n) is 5.24. The number of aromatic carboxylic acids is 1. The van der Waals surface area contributed by atoms with Gasteiger partial charge in [0.25, 0.3) is 5.91 Å². The SMILES string of the molecule is Cc1ncsc1C(=O)Nc1cccc(F)c1C(=O)O. The summed E-state index contributed by atoms with van der Waals surface area (Å²) < 4.78 is 13.4. The number of benzene rings is 1. The van der Waals surface area contributed by atoms with Crippen LogP contribution in [-0.2, 0) is 0 Å². The summed E-state index contributed by atoms with van der Waals surface area (Å²) in [5.41, 5.74) is 1.41. The lowest BCUT2D eigenvalue weighted by atomic mass is 10.1. The van der Waals surface area contributed by atoms with Crippen molar-refractivity contribution in [1.82, 2.24) is 4.98 Å². The number of hydrogen-bond donors (Lipinski definition) is 2. The van der Waals surface area contributed by atoms with E-state index in [1.54, 1.807) is 6.92 Å². The standard InChI is InChI=1S/C12H9FN2O3S/c1-6-10(19-5-14-6)11(16)15-8-4-2-3-7(13)9(8)12(17)18/h2-5H,1H3,(H,15,16)(H,17,18). The molecule has 0 bridgehead atoms. The molecule has 0 aliphatic heterocycles. The fraction of sp³-hybridized carbons (Fsp3) is 0.0833. The number of carboxylic acids is 1. The third-order valence-electron chi connectivity index (χ3n) is 2.43. The summed E-state index contributed by atoms with van der Waals surface area (Å²) >= 11 is 1.13. The van der Waals surface area contributed by atoms with Crippen LogP contribution in [0, 0.1) is 12.7 Å². The van der Waals surface area contributed by atoms with Gasteiger partial charge in [0.15, 0.2) is 0 Å². The molecule has 0 aliphatic rings. The lowest BCUT2D eigenvalue weighted by molar-refractivity contribution is 0.0693. The van der Waals surface area contributed by atoms with E-state index in [0.717, 1.165) is 17.4 Å². The molecule has 2 aromatic rings. The summed E-state index contributed by atoms with van der Waals surface area (Å²) in [6, 6.07) is 3.69. The van der Waals surface area contributed by atoms with Gasteiger partial charge >= 0.3 is 5.97 Å². The van der Waals surface area contributed by atoms with Crippen molar-refractivity contribution in [2.24, 2.45) is 0 Å². The molecule has 7 heteroatoms. The third kappa shape index (κ3) is 2.60. The van der Waals surface area contributed by atoms with E-state index in [0.29, 0.717) is 10.6 Å². The number of nitrogens with zero attached hydrogens (tertiary/aromatic N) is 1. The number of amides is 1. The Labute approximate surface area is 111 Å². The highest BCUT2D eigenvalue weighted by atomic mass is 32.1. The molecule has 1 heterocycles. The van der Waals surface area contributed by atoms with E-state index in [9.17, 15) is 14.0 Å². The second kappa shape index (κ2) is 5.15. The van der Waals surface area contributed by atoms with Crippen LogP contribution in [0.2, 0.25) is 0 Å². The van der Waals surface area contributed by atoms with Crippen LogP contribution in [0.3, 0.4) is 0 Å². The van der Waals surface area contributed by atoms with E-state index in [-0.39, 0.29) is 5.69 Å². The molecule has 0 saturated carbocycles. The molecular formula is C12H9FN2O3S. The van der Waals surface area contributed by atoms with Gasteiger partial charge in [-0.15, -0.1) is 11.3 Å². The first kappa shape index (κ1) is 13.2. The molecule has 0 atom stereocenters. The van der Waals surface area contributed by atoms with Gasteiger partial charge in [0.05, 0.1) is 16.9 Å². The van der Waals surface area contributed by atoms with Gasteiger partial charge in [-0.2, -0.15) is 0 Å². The van der Waals surface area contributed by atoms with Crippen LogP contribution in [0.1, 0.15) is 25.7 Å². The van der Waals surface area contributed by atoms with Crippen LogP contribution in [-0.4, -0.2) is 22.0 Å². The summed E-state index contributed by atoms with van der Waals surface area (Å²) in [5, 5.41) is 11.3. The minimum atomic E-state index is -1.44. The highest BCUT2D eigenvalue weighted by Crippen LogP contribution is 2.21. The number of anilines is 1. The molecule has 5 nitrogen and oxygen atoms in total. The Morgan fingerprint density at radius 3 is 2.74 bits per heavy atom. The van der Waals surface area contributed by atoms with E-state index in [1.807, 2.05) is 0 Å². The third-order valence-corrected chi connectivity index (χ3v) is 3.35. The highest BCUT2D eigenvalue weighted by Gasteiger charge is 2.19. The number of rotatable bonds is 3. The van der Waals surface area contributed by atoms with Gasteiger partial charge in [-0.05, 0) is 19.1 Å². The van der Waals surface area contributed by atoms with Gasteiger partial charge in [0, 0.05) is 0 Å². The van der Waals surface area contributed by atoms with E-state index in [4.69, 9.17) is 5.11 Å². The zero-order valence-electron chi connectivity index (χ0n) is 9.81. The first-order valence-corrected chi connectivity index (χ1v) is 6.12. The second-order valence-electron chi connectivity index (χ2n) is 3.69. The number of nitrogens with one attached hydrogen (secondary N) is 1. The Balaban J connectivity index is 2.35. The molecule has 1 amide bonds. The number of halogens is 1.